The van der Waals surface area contributed by atoms with Gasteiger partial charge in [0.2, 0.25) is 0 Å². The van der Waals surface area contributed by atoms with Gasteiger partial charge in [-0.05, 0) is 62.6 Å². The first-order valence-corrected chi connectivity index (χ1v) is 10.7. The fourth-order valence-corrected chi connectivity index (χ4v) is 4.43. The van der Waals surface area contributed by atoms with E-state index < -0.39 is 0 Å². The summed E-state index contributed by atoms with van der Waals surface area (Å²) in [5.41, 5.74) is 4.81. The van der Waals surface area contributed by atoms with Crippen molar-refractivity contribution in [2.24, 2.45) is 0 Å². The van der Waals surface area contributed by atoms with Crippen LogP contribution in [0.4, 0.5) is 5.69 Å². The Balaban J connectivity index is 1.49. The number of likely N-dealkylation sites (N-methyl/N-ethyl adjacent to an activating group) is 1. The Labute approximate surface area is 173 Å². The second-order valence-electron chi connectivity index (χ2n) is 8.05. The van der Waals surface area contributed by atoms with E-state index in [1.165, 1.54) is 16.8 Å². The zero-order valence-corrected chi connectivity index (χ0v) is 17.5. The van der Waals surface area contributed by atoms with Gasteiger partial charge in [0.15, 0.2) is 0 Å². The van der Waals surface area contributed by atoms with Crippen molar-refractivity contribution in [3.63, 3.8) is 0 Å². The van der Waals surface area contributed by atoms with E-state index in [1.807, 2.05) is 31.2 Å². The molecule has 1 N–H and O–H groups in total. The Morgan fingerprint density at radius 1 is 1.10 bits per heavy atom. The van der Waals surface area contributed by atoms with Crippen molar-refractivity contribution >= 4 is 11.6 Å². The number of anilines is 1. The van der Waals surface area contributed by atoms with Crippen molar-refractivity contribution < 1.29 is 9.53 Å². The molecule has 5 heteroatoms. The molecule has 1 unspecified atom stereocenters. The molecule has 2 aromatic rings. The smallest absolute Gasteiger partial charge is 0.255 e. The van der Waals surface area contributed by atoms with Gasteiger partial charge < -0.3 is 19.9 Å². The molecular formula is C24H31N3O2. The molecule has 0 radical (unpaired) electrons. The minimum absolute atomic E-state index is 0.0421. The van der Waals surface area contributed by atoms with Crippen molar-refractivity contribution in [1.82, 2.24) is 10.2 Å². The van der Waals surface area contributed by atoms with Crippen LogP contribution in [-0.4, -0.2) is 56.7 Å². The third kappa shape index (κ3) is 4.40. The summed E-state index contributed by atoms with van der Waals surface area (Å²) in [5, 5.41) is 3.27. The fourth-order valence-electron chi connectivity index (χ4n) is 4.43. The highest BCUT2D eigenvalue weighted by Crippen LogP contribution is 2.31. The van der Waals surface area contributed by atoms with Crippen LogP contribution >= 0.6 is 0 Å². The standard InChI is InChI=1S/C24H31N3O2/c1-3-29-23-10-5-4-8-20(23)24(28)25-19-12-11-18-7-6-9-22(21(18)17-19)27-15-13-26(2)14-16-27/h4-10,19H,3,11-17H2,1-2H3,(H,25,28). The molecule has 0 saturated carbocycles. The second-order valence-corrected chi connectivity index (χ2v) is 8.05. The number of hydrogen-bond donors (Lipinski definition) is 1. The highest BCUT2D eigenvalue weighted by atomic mass is 16.5. The van der Waals surface area contributed by atoms with Gasteiger partial charge in [-0.15, -0.1) is 0 Å². The summed E-state index contributed by atoms with van der Waals surface area (Å²) in [5.74, 6) is 0.612. The maximum atomic E-state index is 12.9. The molecule has 1 fully saturated rings. The molecule has 2 aromatic carbocycles. The number of aryl methyl sites for hydroxylation is 1. The van der Waals surface area contributed by atoms with Crippen molar-refractivity contribution in [2.75, 3.05) is 44.7 Å². The third-order valence-electron chi connectivity index (χ3n) is 6.07. The summed E-state index contributed by atoms with van der Waals surface area (Å²) < 4.78 is 5.64. The molecule has 5 nitrogen and oxygen atoms in total. The van der Waals surface area contributed by atoms with Gasteiger partial charge in [0.25, 0.3) is 5.91 Å². The number of rotatable bonds is 5. The summed E-state index contributed by atoms with van der Waals surface area (Å²) in [7, 11) is 2.18. The predicted molar refractivity (Wildman–Crippen MR) is 117 cm³/mol. The lowest BCUT2D eigenvalue weighted by atomic mass is 9.86. The summed E-state index contributed by atoms with van der Waals surface area (Å²) in [6.07, 6.45) is 2.87. The summed E-state index contributed by atoms with van der Waals surface area (Å²) in [6.45, 7) is 6.80. The minimum Gasteiger partial charge on any atom is -0.493 e. The number of piperazine rings is 1. The van der Waals surface area contributed by atoms with Crippen LogP contribution in [0.25, 0.3) is 0 Å². The lowest BCUT2D eigenvalue weighted by molar-refractivity contribution is 0.0930. The molecule has 29 heavy (non-hydrogen) atoms. The summed E-state index contributed by atoms with van der Waals surface area (Å²) in [4.78, 5) is 17.8. The molecule has 4 rings (SSSR count). The number of carbonyl (C=O) groups is 1. The van der Waals surface area contributed by atoms with Gasteiger partial charge in [-0.25, -0.2) is 0 Å². The molecule has 2 aliphatic rings. The molecule has 0 bridgehead atoms. The maximum absolute atomic E-state index is 12.9. The average molecular weight is 394 g/mol. The summed E-state index contributed by atoms with van der Waals surface area (Å²) >= 11 is 0. The van der Waals surface area contributed by atoms with Gasteiger partial charge in [0.1, 0.15) is 5.75 Å². The van der Waals surface area contributed by atoms with Gasteiger partial charge in [0.05, 0.1) is 12.2 Å². The van der Waals surface area contributed by atoms with E-state index in [4.69, 9.17) is 4.74 Å². The molecule has 1 saturated heterocycles. The van der Waals surface area contributed by atoms with Gasteiger partial charge in [-0.3, -0.25) is 4.79 Å². The Bertz CT molecular complexity index is 859. The lowest BCUT2D eigenvalue weighted by Gasteiger charge is -2.37. The topological polar surface area (TPSA) is 44.8 Å². The number of benzene rings is 2. The normalized spacial score (nSPS) is 19.5. The Hall–Kier alpha value is -2.53. The van der Waals surface area contributed by atoms with E-state index in [0.29, 0.717) is 17.9 Å². The molecule has 1 aliphatic carbocycles. The molecule has 0 spiro atoms. The van der Waals surface area contributed by atoms with Crippen molar-refractivity contribution in [3.8, 4) is 5.75 Å². The third-order valence-corrected chi connectivity index (χ3v) is 6.07. The Morgan fingerprint density at radius 2 is 1.90 bits per heavy atom. The maximum Gasteiger partial charge on any atom is 0.255 e. The van der Waals surface area contributed by atoms with Crippen molar-refractivity contribution in [1.29, 1.82) is 0 Å². The number of para-hydroxylation sites is 1. The molecular weight excluding hydrogens is 362 g/mol. The Kier molecular flexibility index (Phi) is 6.05. The van der Waals surface area contributed by atoms with E-state index in [0.717, 1.165) is 45.4 Å². The quantitative estimate of drug-likeness (QED) is 0.848. The highest BCUT2D eigenvalue weighted by Gasteiger charge is 2.26. The van der Waals surface area contributed by atoms with Crippen molar-refractivity contribution in [2.45, 2.75) is 32.2 Å². The minimum atomic E-state index is -0.0421. The molecule has 154 valence electrons. The van der Waals surface area contributed by atoms with E-state index in [-0.39, 0.29) is 11.9 Å². The van der Waals surface area contributed by atoms with E-state index >= 15 is 0 Å². The molecule has 1 amide bonds. The SMILES string of the molecule is CCOc1ccccc1C(=O)NC1CCc2cccc(N3CCN(C)CC3)c2C1. The molecule has 1 heterocycles. The van der Waals surface area contributed by atoms with Crippen LogP contribution in [0, 0.1) is 0 Å². The number of nitrogens with one attached hydrogen (secondary N) is 1. The van der Waals surface area contributed by atoms with Crippen LogP contribution in [0.15, 0.2) is 42.5 Å². The monoisotopic (exact) mass is 393 g/mol. The first kappa shape index (κ1) is 19.8. The van der Waals surface area contributed by atoms with Crippen LogP contribution in [0.3, 0.4) is 0 Å². The second kappa shape index (κ2) is 8.87. The number of ether oxygens (including phenoxy) is 1. The van der Waals surface area contributed by atoms with Gasteiger partial charge in [-0.1, -0.05) is 24.3 Å². The molecule has 1 atom stereocenters. The number of nitrogens with zero attached hydrogens (tertiary/aromatic N) is 2. The first-order valence-electron chi connectivity index (χ1n) is 10.7. The van der Waals surface area contributed by atoms with Crippen LogP contribution in [0.1, 0.15) is 34.8 Å². The highest BCUT2D eigenvalue weighted by molar-refractivity contribution is 5.97. The number of amides is 1. The van der Waals surface area contributed by atoms with Crippen LogP contribution < -0.4 is 15.0 Å². The zero-order valence-electron chi connectivity index (χ0n) is 17.5. The molecule has 0 aromatic heterocycles. The number of carbonyl (C=O) groups excluding carboxylic acids is 1. The van der Waals surface area contributed by atoms with Crippen LogP contribution in [0.5, 0.6) is 5.75 Å². The molecule has 1 aliphatic heterocycles. The summed E-state index contributed by atoms with van der Waals surface area (Å²) in [6, 6.07) is 14.3. The van der Waals surface area contributed by atoms with E-state index in [1.54, 1.807) is 0 Å². The predicted octanol–water partition coefficient (Wildman–Crippen LogP) is 3.12. The number of fused-ring (bicyclic) bond motifs is 1. The van der Waals surface area contributed by atoms with Crippen molar-refractivity contribution in [3.05, 3.63) is 59.2 Å². The fraction of sp³-hybridized carbons (Fsp3) is 0.458. The first-order chi connectivity index (χ1) is 14.2. The van der Waals surface area contributed by atoms with E-state index in [9.17, 15) is 4.79 Å². The van der Waals surface area contributed by atoms with E-state index in [2.05, 4.69) is 40.4 Å². The van der Waals surface area contributed by atoms with Gasteiger partial charge in [-0.2, -0.15) is 0 Å². The van der Waals surface area contributed by atoms with Crippen LogP contribution in [-0.2, 0) is 12.8 Å². The van der Waals surface area contributed by atoms with Gasteiger partial charge >= 0.3 is 0 Å². The van der Waals surface area contributed by atoms with Crippen LogP contribution in [0.2, 0.25) is 0 Å². The average Bonchev–Trinajstić information content (AvgIpc) is 2.74. The lowest BCUT2D eigenvalue weighted by Crippen LogP contribution is -2.45. The number of hydrogen-bond acceptors (Lipinski definition) is 4. The zero-order chi connectivity index (χ0) is 20.2. The van der Waals surface area contributed by atoms with Gasteiger partial charge in [0, 0.05) is 37.9 Å². The Morgan fingerprint density at radius 3 is 2.69 bits per heavy atom. The largest absolute Gasteiger partial charge is 0.493 e.